The van der Waals surface area contributed by atoms with E-state index < -0.39 is 0 Å². The SMILES string of the molecule is CCCC[CH-]CO.[Na+]. The molecular formula is C6H13NaO. The van der Waals surface area contributed by atoms with Crippen LogP contribution in [0.15, 0.2) is 0 Å². The van der Waals surface area contributed by atoms with E-state index in [0.29, 0.717) is 0 Å². The van der Waals surface area contributed by atoms with Crippen molar-refractivity contribution in [1.29, 1.82) is 0 Å². The van der Waals surface area contributed by atoms with Crippen molar-refractivity contribution in [3.63, 3.8) is 0 Å². The van der Waals surface area contributed by atoms with Gasteiger partial charge >= 0.3 is 29.6 Å². The topological polar surface area (TPSA) is 20.2 Å². The van der Waals surface area contributed by atoms with Gasteiger partial charge in [-0.25, -0.2) is 0 Å². The number of hydrogen-bond donors (Lipinski definition) is 1. The minimum absolute atomic E-state index is 0. The van der Waals surface area contributed by atoms with E-state index in [9.17, 15) is 0 Å². The molecule has 0 fully saturated rings. The number of unbranched alkanes of at least 4 members (excludes halogenated alkanes) is 3. The van der Waals surface area contributed by atoms with Crippen LogP contribution in [0.5, 0.6) is 0 Å². The van der Waals surface area contributed by atoms with Crippen molar-refractivity contribution in [2.24, 2.45) is 0 Å². The summed E-state index contributed by atoms with van der Waals surface area (Å²) in [6.45, 7) is 2.38. The summed E-state index contributed by atoms with van der Waals surface area (Å²) in [7, 11) is 0. The second-order valence-corrected chi connectivity index (χ2v) is 1.61. The van der Waals surface area contributed by atoms with Crippen molar-refractivity contribution in [1.82, 2.24) is 0 Å². The van der Waals surface area contributed by atoms with E-state index in [0.717, 1.165) is 6.42 Å². The van der Waals surface area contributed by atoms with Crippen molar-refractivity contribution >= 4 is 0 Å². The average molecular weight is 124 g/mol. The Morgan fingerprint density at radius 3 is 2.50 bits per heavy atom. The third kappa shape index (κ3) is 10.0. The molecule has 0 atom stereocenters. The first kappa shape index (κ1) is 11.7. The van der Waals surface area contributed by atoms with Crippen LogP contribution in [0.25, 0.3) is 0 Å². The summed E-state index contributed by atoms with van der Waals surface area (Å²) in [5.74, 6) is 0. The molecule has 0 aromatic heterocycles. The van der Waals surface area contributed by atoms with Crippen LogP contribution >= 0.6 is 0 Å². The molecule has 0 heterocycles. The molecule has 0 rings (SSSR count). The van der Waals surface area contributed by atoms with Crippen molar-refractivity contribution < 1.29 is 34.7 Å². The van der Waals surface area contributed by atoms with Crippen LogP contribution in [0, 0.1) is 6.42 Å². The van der Waals surface area contributed by atoms with Crippen LogP contribution in [0.1, 0.15) is 26.2 Å². The van der Waals surface area contributed by atoms with Gasteiger partial charge in [0.05, 0.1) is 0 Å². The van der Waals surface area contributed by atoms with Crippen LogP contribution in [-0.4, -0.2) is 11.7 Å². The van der Waals surface area contributed by atoms with E-state index in [-0.39, 0.29) is 36.2 Å². The molecule has 0 radical (unpaired) electrons. The molecule has 0 aliphatic carbocycles. The molecule has 0 saturated carbocycles. The number of aliphatic hydroxyl groups excluding tert-OH is 1. The molecule has 0 unspecified atom stereocenters. The molecule has 1 N–H and O–H groups in total. The van der Waals surface area contributed by atoms with Gasteiger partial charge in [0, 0.05) is 0 Å². The predicted molar refractivity (Wildman–Crippen MR) is 30.9 cm³/mol. The maximum absolute atomic E-state index is 8.24. The maximum Gasteiger partial charge on any atom is 1.00 e. The van der Waals surface area contributed by atoms with Gasteiger partial charge < -0.3 is 11.5 Å². The van der Waals surface area contributed by atoms with Gasteiger partial charge in [0.15, 0.2) is 0 Å². The third-order valence-electron chi connectivity index (χ3n) is 0.891. The second kappa shape index (κ2) is 10.9. The van der Waals surface area contributed by atoms with E-state index in [1.165, 1.54) is 12.8 Å². The van der Waals surface area contributed by atoms with Crippen molar-refractivity contribution in [3.05, 3.63) is 6.42 Å². The molecule has 0 amide bonds. The zero-order valence-electron chi connectivity index (χ0n) is 5.85. The Bertz CT molecular complexity index is 27.7. The van der Waals surface area contributed by atoms with Gasteiger partial charge in [0.25, 0.3) is 0 Å². The molecule has 8 heavy (non-hydrogen) atoms. The van der Waals surface area contributed by atoms with Crippen LogP contribution in [-0.2, 0) is 0 Å². The fourth-order valence-corrected chi connectivity index (χ4v) is 0.440. The third-order valence-corrected chi connectivity index (χ3v) is 0.891. The second-order valence-electron chi connectivity index (χ2n) is 1.61. The summed E-state index contributed by atoms with van der Waals surface area (Å²) in [5, 5.41) is 8.24. The zero-order valence-corrected chi connectivity index (χ0v) is 7.85. The van der Waals surface area contributed by atoms with Gasteiger partial charge in [-0.05, 0) is 0 Å². The van der Waals surface area contributed by atoms with Crippen LogP contribution in [0.2, 0.25) is 0 Å². The minimum Gasteiger partial charge on any atom is -0.428 e. The Kier molecular flexibility index (Phi) is 15.9. The molecule has 0 saturated heterocycles. The van der Waals surface area contributed by atoms with Crippen LogP contribution in [0.3, 0.4) is 0 Å². The number of rotatable bonds is 4. The average Bonchev–Trinajstić information content (AvgIpc) is 1.69. The largest absolute Gasteiger partial charge is 1.00 e. The Hall–Kier alpha value is 0.960. The molecular weight excluding hydrogens is 111 g/mol. The first-order chi connectivity index (χ1) is 3.41. The predicted octanol–water partition coefficient (Wildman–Crippen LogP) is -1.62. The van der Waals surface area contributed by atoms with Crippen LogP contribution < -0.4 is 29.6 Å². The maximum atomic E-state index is 8.24. The molecule has 0 aromatic carbocycles. The molecule has 0 bridgehead atoms. The normalized spacial score (nSPS) is 8.25. The zero-order chi connectivity index (χ0) is 5.54. The Balaban J connectivity index is 0. The molecule has 1 nitrogen and oxygen atoms in total. The van der Waals surface area contributed by atoms with Gasteiger partial charge in [-0.15, -0.1) is 0 Å². The molecule has 0 aliphatic rings. The van der Waals surface area contributed by atoms with Gasteiger partial charge in [-0.3, -0.25) is 0 Å². The Labute approximate surface area is 73.8 Å². The van der Waals surface area contributed by atoms with Crippen LogP contribution in [0.4, 0.5) is 0 Å². The van der Waals surface area contributed by atoms with Crippen molar-refractivity contribution in [2.75, 3.05) is 6.61 Å². The summed E-state index contributed by atoms with van der Waals surface area (Å²) >= 11 is 0. The van der Waals surface area contributed by atoms with Gasteiger partial charge in [0.2, 0.25) is 0 Å². The monoisotopic (exact) mass is 124 g/mol. The minimum atomic E-state index is 0. The summed E-state index contributed by atoms with van der Waals surface area (Å²) in [6, 6.07) is 0. The Morgan fingerprint density at radius 1 is 1.50 bits per heavy atom. The van der Waals surface area contributed by atoms with E-state index in [1.54, 1.807) is 0 Å². The molecule has 2 heteroatoms. The molecule has 44 valence electrons. The van der Waals surface area contributed by atoms with E-state index in [1.807, 2.05) is 6.42 Å². The van der Waals surface area contributed by atoms with Crippen molar-refractivity contribution in [2.45, 2.75) is 26.2 Å². The number of hydrogen-bond acceptors (Lipinski definition) is 1. The van der Waals surface area contributed by atoms with Crippen molar-refractivity contribution in [3.8, 4) is 0 Å². The quantitative estimate of drug-likeness (QED) is 0.271. The van der Waals surface area contributed by atoms with Gasteiger partial charge in [0.1, 0.15) is 0 Å². The van der Waals surface area contributed by atoms with Gasteiger partial charge in [-0.1, -0.05) is 26.4 Å². The number of aliphatic hydroxyl groups is 1. The molecule has 0 aliphatic heterocycles. The first-order valence-electron chi connectivity index (χ1n) is 2.84. The summed E-state index contributed by atoms with van der Waals surface area (Å²) < 4.78 is 0. The van der Waals surface area contributed by atoms with E-state index >= 15 is 0 Å². The first-order valence-corrected chi connectivity index (χ1v) is 2.84. The van der Waals surface area contributed by atoms with E-state index in [4.69, 9.17) is 5.11 Å². The summed E-state index contributed by atoms with van der Waals surface area (Å²) in [6.07, 6.45) is 5.38. The fourth-order valence-electron chi connectivity index (χ4n) is 0.440. The summed E-state index contributed by atoms with van der Waals surface area (Å²) in [4.78, 5) is 0. The fraction of sp³-hybridized carbons (Fsp3) is 0.833. The smallest absolute Gasteiger partial charge is 0.428 e. The molecule has 0 spiro atoms. The molecule has 0 aromatic rings. The van der Waals surface area contributed by atoms with E-state index in [2.05, 4.69) is 6.92 Å². The summed E-state index contributed by atoms with van der Waals surface area (Å²) in [5.41, 5.74) is 0. The van der Waals surface area contributed by atoms with Gasteiger partial charge in [-0.2, -0.15) is 6.42 Å². The Morgan fingerprint density at radius 2 is 2.12 bits per heavy atom. The standard InChI is InChI=1S/C6H13O.Na/c1-2-3-4-5-6-7;/h5,7H,2-4,6H2,1H3;/q-1;+1.